The first-order valence-electron chi connectivity index (χ1n) is 9.80. The molecule has 1 amide bonds. The Morgan fingerprint density at radius 1 is 1.10 bits per heavy atom. The lowest BCUT2D eigenvalue weighted by Gasteiger charge is -2.43. The van der Waals surface area contributed by atoms with Crippen molar-refractivity contribution in [1.29, 1.82) is 0 Å². The first-order valence-corrected chi connectivity index (χ1v) is 10.6. The van der Waals surface area contributed by atoms with Crippen LogP contribution in [-0.4, -0.2) is 30.4 Å². The normalized spacial score (nSPS) is 17.0. The van der Waals surface area contributed by atoms with Gasteiger partial charge >= 0.3 is 0 Å². The molecule has 1 aliphatic rings. The van der Waals surface area contributed by atoms with Crippen LogP contribution in [0.5, 0.6) is 0 Å². The average Bonchev–Trinajstić information content (AvgIpc) is 3.26. The van der Waals surface area contributed by atoms with Gasteiger partial charge in [0.2, 0.25) is 5.91 Å². The second kappa shape index (κ2) is 8.99. The molecule has 6 heteroatoms. The number of carbonyl (C=O) groups excluding carboxylic acids is 1. The van der Waals surface area contributed by atoms with Crippen molar-refractivity contribution in [3.8, 4) is 0 Å². The first-order chi connectivity index (χ1) is 14.5. The molecule has 1 aliphatic heterocycles. The van der Waals surface area contributed by atoms with Crippen LogP contribution in [0.25, 0.3) is 6.08 Å². The van der Waals surface area contributed by atoms with Crippen LogP contribution in [0, 0.1) is 6.92 Å². The fraction of sp³-hybridized carbons (Fsp3) is 0.208. The van der Waals surface area contributed by atoms with Crippen molar-refractivity contribution in [1.82, 2.24) is 4.90 Å². The Labute approximate surface area is 186 Å². The Balaban J connectivity index is 1.61. The maximum Gasteiger partial charge on any atom is 0.246 e. The van der Waals surface area contributed by atoms with Gasteiger partial charge < -0.3 is 14.2 Å². The number of furan rings is 1. The Kier molecular flexibility index (Phi) is 6.16. The molecule has 154 valence electrons. The number of nitrogens with zero attached hydrogens (tertiary/aromatic N) is 2. The molecule has 1 unspecified atom stereocenters. The lowest BCUT2D eigenvalue weighted by molar-refractivity contribution is -0.126. The van der Waals surface area contributed by atoms with Crippen LogP contribution >= 0.6 is 23.2 Å². The van der Waals surface area contributed by atoms with Gasteiger partial charge in [0.15, 0.2) is 0 Å². The van der Waals surface area contributed by atoms with E-state index in [1.807, 2.05) is 48.2 Å². The number of piperazine rings is 1. The minimum atomic E-state index is -0.0417. The van der Waals surface area contributed by atoms with Gasteiger partial charge in [0.05, 0.1) is 23.0 Å². The Morgan fingerprint density at radius 2 is 1.90 bits per heavy atom. The Hall–Kier alpha value is -2.69. The quantitative estimate of drug-likeness (QED) is 0.466. The monoisotopic (exact) mass is 440 g/mol. The fourth-order valence-corrected chi connectivity index (χ4v) is 4.20. The molecule has 3 aromatic rings. The molecule has 2 aromatic carbocycles. The summed E-state index contributed by atoms with van der Waals surface area (Å²) in [5, 5.41) is 1.40. The molecule has 0 saturated carbocycles. The van der Waals surface area contributed by atoms with Crippen LogP contribution in [0.1, 0.15) is 22.9 Å². The molecule has 0 aliphatic carbocycles. The van der Waals surface area contributed by atoms with Crippen molar-refractivity contribution in [3.63, 3.8) is 0 Å². The van der Waals surface area contributed by atoms with Gasteiger partial charge in [0, 0.05) is 30.7 Å². The van der Waals surface area contributed by atoms with Crippen LogP contribution in [0.3, 0.4) is 0 Å². The summed E-state index contributed by atoms with van der Waals surface area (Å²) < 4.78 is 5.28. The van der Waals surface area contributed by atoms with Crippen molar-refractivity contribution < 1.29 is 9.21 Å². The highest BCUT2D eigenvalue weighted by Gasteiger charge is 2.31. The average molecular weight is 441 g/mol. The second-order valence-corrected chi connectivity index (χ2v) is 8.19. The predicted molar refractivity (Wildman–Crippen MR) is 122 cm³/mol. The van der Waals surface area contributed by atoms with E-state index < -0.39 is 0 Å². The second-order valence-electron chi connectivity index (χ2n) is 7.35. The smallest absolute Gasteiger partial charge is 0.246 e. The van der Waals surface area contributed by atoms with Gasteiger partial charge in [0.1, 0.15) is 5.76 Å². The molecule has 1 aromatic heterocycles. The number of amides is 1. The Morgan fingerprint density at radius 3 is 2.60 bits per heavy atom. The highest BCUT2D eigenvalue weighted by Crippen LogP contribution is 2.36. The zero-order chi connectivity index (χ0) is 21.1. The fourth-order valence-electron chi connectivity index (χ4n) is 3.73. The van der Waals surface area contributed by atoms with E-state index in [4.69, 9.17) is 27.6 Å². The van der Waals surface area contributed by atoms with Crippen LogP contribution < -0.4 is 4.90 Å². The summed E-state index contributed by atoms with van der Waals surface area (Å²) in [6.45, 7) is 3.85. The number of carbonyl (C=O) groups is 1. The van der Waals surface area contributed by atoms with Crippen LogP contribution in [0.4, 0.5) is 5.69 Å². The molecular formula is C24H22Cl2N2O2. The van der Waals surface area contributed by atoms with Gasteiger partial charge in [0.25, 0.3) is 0 Å². The molecule has 2 heterocycles. The summed E-state index contributed by atoms with van der Waals surface area (Å²) >= 11 is 12.7. The molecular weight excluding hydrogens is 419 g/mol. The van der Waals surface area contributed by atoms with E-state index in [1.165, 1.54) is 0 Å². The lowest BCUT2D eigenvalue weighted by atomic mass is 10.0. The third-order valence-electron chi connectivity index (χ3n) is 5.29. The number of hydrogen-bond acceptors (Lipinski definition) is 3. The number of rotatable bonds is 4. The standard InChI is InChI=1S/C24H22Cl2N2O2/c1-17-4-10-22(21(26)15-17)28-13-12-27(24(29)11-9-20-3-2-14-30-20)16-23(28)18-5-7-19(25)8-6-18/h2-11,14-15,23H,12-13,16H2,1H3/b11-9+. The number of aryl methyl sites for hydroxylation is 1. The van der Waals surface area contributed by atoms with Crippen LogP contribution in [0.2, 0.25) is 10.0 Å². The highest BCUT2D eigenvalue weighted by atomic mass is 35.5. The number of halogens is 2. The Bertz CT molecular complexity index is 1050. The lowest BCUT2D eigenvalue weighted by Crippen LogP contribution is -2.50. The third-order valence-corrected chi connectivity index (χ3v) is 5.85. The molecule has 0 spiro atoms. The van der Waals surface area contributed by atoms with Crippen LogP contribution in [0.15, 0.2) is 71.4 Å². The SMILES string of the molecule is Cc1ccc(N2CCN(C(=O)/C=C/c3ccco3)CC2c2ccc(Cl)cc2)c(Cl)c1. The van der Waals surface area contributed by atoms with E-state index in [9.17, 15) is 4.79 Å². The molecule has 4 rings (SSSR count). The molecule has 30 heavy (non-hydrogen) atoms. The summed E-state index contributed by atoms with van der Waals surface area (Å²) in [6, 6.07) is 17.4. The zero-order valence-corrected chi connectivity index (χ0v) is 18.1. The highest BCUT2D eigenvalue weighted by molar-refractivity contribution is 6.33. The summed E-state index contributed by atoms with van der Waals surface area (Å²) in [7, 11) is 0. The van der Waals surface area contributed by atoms with Crippen LogP contribution in [-0.2, 0) is 4.79 Å². The van der Waals surface area contributed by atoms with Crippen molar-refractivity contribution in [3.05, 3.63) is 93.9 Å². The summed E-state index contributed by atoms with van der Waals surface area (Å²) in [5.74, 6) is 0.614. The van der Waals surface area contributed by atoms with Gasteiger partial charge in [-0.05, 0) is 60.5 Å². The van der Waals surface area contributed by atoms with E-state index in [0.29, 0.717) is 35.4 Å². The minimum absolute atomic E-state index is 0.0304. The van der Waals surface area contributed by atoms with Crippen molar-refractivity contribution in [2.75, 3.05) is 24.5 Å². The first kappa shape index (κ1) is 20.6. The van der Waals surface area contributed by atoms with Gasteiger partial charge in [-0.25, -0.2) is 0 Å². The third kappa shape index (κ3) is 4.55. The minimum Gasteiger partial charge on any atom is -0.465 e. The van der Waals surface area contributed by atoms with E-state index in [1.54, 1.807) is 24.5 Å². The maximum atomic E-state index is 12.8. The number of benzene rings is 2. The van der Waals surface area contributed by atoms with E-state index in [2.05, 4.69) is 17.0 Å². The van der Waals surface area contributed by atoms with E-state index in [-0.39, 0.29) is 11.9 Å². The predicted octanol–water partition coefficient (Wildman–Crippen LogP) is 6.00. The molecule has 1 fully saturated rings. The zero-order valence-electron chi connectivity index (χ0n) is 16.6. The van der Waals surface area contributed by atoms with Gasteiger partial charge in [-0.2, -0.15) is 0 Å². The van der Waals surface area contributed by atoms with E-state index >= 15 is 0 Å². The largest absolute Gasteiger partial charge is 0.465 e. The summed E-state index contributed by atoms with van der Waals surface area (Å²) in [4.78, 5) is 16.9. The number of anilines is 1. The molecule has 1 atom stereocenters. The van der Waals surface area contributed by atoms with Crippen molar-refractivity contribution in [2.24, 2.45) is 0 Å². The van der Waals surface area contributed by atoms with Crippen molar-refractivity contribution in [2.45, 2.75) is 13.0 Å². The summed E-state index contributed by atoms with van der Waals surface area (Å²) in [5.41, 5.74) is 3.17. The molecule has 0 N–H and O–H groups in total. The van der Waals surface area contributed by atoms with Gasteiger partial charge in [-0.15, -0.1) is 0 Å². The molecule has 0 bridgehead atoms. The number of hydrogen-bond donors (Lipinski definition) is 0. The molecule has 4 nitrogen and oxygen atoms in total. The van der Waals surface area contributed by atoms with E-state index in [0.717, 1.165) is 16.8 Å². The maximum absolute atomic E-state index is 12.8. The van der Waals surface area contributed by atoms with Crippen molar-refractivity contribution >= 4 is 40.9 Å². The molecule has 1 saturated heterocycles. The topological polar surface area (TPSA) is 36.7 Å². The summed E-state index contributed by atoms with van der Waals surface area (Å²) in [6.07, 6.45) is 4.85. The van der Waals surface area contributed by atoms with Gasteiger partial charge in [-0.1, -0.05) is 41.4 Å². The molecule has 0 radical (unpaired) electrons. The van der Waals surface area contributed by atoms with Gasteiger partial charge in [-0.3, -0.25) is 4.79 Å².